The number of aromatic nitrogens is 1. The van der Waals surface area contributed by atoms with Gasteiger partial charge in [-0.3, -0.25) is 14.4 Å². The monoisotopic (exact) mass is 525 g/mol. The van der Waals surface area contributed by atoms with Gasteiger partial charge in [0.25, 0.3) is 5.91 Å². The summed E-state index contributed by atoms with van der Waals surface area (Å²) in [5.74, 6) is -2.07. The standard InChI is InChI=1S/C28H35N3O7/c1-17(2)26-19(4)9-10-24(34)29-11-5-7-18(3)13-20(32)14-21(33)15-25-30-22(16-37-25)27(35)31-12-6-8-23(31)28(36)38-26/h5,7-10,13,16-17,19-20,26,32H,6,11-12,14-15H2,1-4H3,(H,29,34)/b7-5?,10-9-,18-13?/t19-,20-,26+/m1/s1. The molecule has 3 atom stereocenters. The van der Waals surface area contributed by atoms with Gasteiger partial charge in [-0.15, -0.1) is 0 Å². The maximum absolute atomic E-state index is 13.1. The number of aliphatic hydroxyl groups is 1. The average molecular weight is 526 g/mol. The SMILES string of the molecule is CC1=C[C@@H](O)CC(=O)Cc2nc(co2)C(=O)N2CCC=C2C(=O)O[C@@H](C(C)C)[C@H](C)/C=C\C(=O)NCC=C1. The average Bonchev–Trinajstić information content (AvgIpc) is 3.52. The van der Waals surface area contributed by atoms with Crippen molar-refractivity contribution in [2.45, 2.75) is 59.2 Å². The third kappa shape index (κ3) is 7.85. The van der Waals surface area contributed by atoms with E-state index >= 15 is 0 Å². The van der Waals surface area contributed by atoms with Crippen molar-refractivity contribution >= 4 is 23.6 Å². The Kier molecular flexibility index (Phi) is 9.95. The van der Waals surface area contributed by atoms with Crippen LogP contribution in [0.25, 0.3) is 0 Å². The lowest BCUT2D eigenvalue weighted by atomic mass is 9.94. The Morgan fingerprint density at radius 2 is 1.95 bits per heavy atom. The molecule has 1 aromatic rings. The topological polar surface area (TPSA) is 139 Å². The molecule has 0 radical (unpaired) electrons. The molecule has 3 rings (SSSR count). The number of aliphatic hydroxyl groups excluding tert-OH is 1. The number of fused-ring (bicyclic) bond motifs is 3. The first kappa shape index (κ1) is 28.8. The first-order valence-electron chi connectivity index (χ1n) is 12.7. The summed E-state index contributed by atoms with van der Waals surface area (Å²) in [5, 5.41) is 13.0. The molecule has 0 aliphatic carbocycles. The molecule has 2 bridgehead atoms. The van der Waals surface area contributed by atoms with E-state index in [0.717, 1.165) is 11.8 Å². The normalized spacial score (nSPS) is 25.4. The number of amides is 2. The van der Waals surface area contributed by atoms with Crippen LogP contribution >= 0.6 is 0 Å². The molecule has 0 saturated heterocycles. The summed E-state index contributed by atoms with van der Waals surface area (Å²) in [6, 6.07) is 0. The van der Waals surface area contributed by atoms with Crippen LogP contribution in [-0.4, -0.2) is 63.9 Å². The zero-order chi connectivity index (χ0) is 27.8. The molecule has 38 heavy (non-hydrogen) atoms. The minimum absolute atomic E-state index is 0.0315. The molecular weight excluding hydrogens is 490 g/mol. The predicted octanol–water partition coefficient (Wildman–Crippen LogP) is 2.66. The number of nitrogens with one attached hydrogen (secondary N) is 1. The first-order valence-corrected chi connectivity index (χ1v) is 12.7. The largest absolute Gasteiger partial charge is 0.457 e. The number of allylic oxidation sites excluding steroid dienone is 2. The van der Waals surface area contributed by atoms with Crippen molar-refractivity contribution in [3.05, 3.63) is 65.6 Å². The van der Waals surface area contributed by atoms with Crippen molar-refractivity contribution in [2.75, 3.05) is 13.1 Å². The Bertz CT molecular complexity index is 1170. The fraction of sp³-hybridized carbons (Fsp3) is 0.464. The van der Waals surface area contributed by atoms with E-state index in [2.05, 4.69) is 10.3 Å². The van der Waals surface area contributed by atoms with Crippen LogP contribution in [0.1, 0.15) is 56.9 Å². The summed E-state index contributed by atoms with van der Waals surface area (Å²) < 4.78 is 11.1. The van der Waals surface area contributed by atoms with Crippen LogP contribution in [-0.2, 0) is 25.5 Å². The van der Waals surface area contributed by atoms with Crippen molar-refractivity contribution in [1.29, 1.82) is 0 Å². The molecule has 3 heterocycles. The Hall–Kier alpha value is -3.79. The number of cyclic esters (lactones) is 1. The summed E-state index contributed by atoms with van der Waals surface area (Å²) in [6.45, 7) is 8.00. The summed E-state index contributed by atoms with van der Waals surface area (Å²) in [5.41, 5.74) is 0.809. The molecule has 2 N–H and O–H groups in total. The number of hydrogen-bond acceptors (Lipinski definition) is 8. The quantitative estimate of drug-likeness (QED) is 0.534. The Balaban J connectivity index is 1.86. The summed E-state index contributed by atoms with van der Waals surface area (Å²) in [6.07, 6.45) is 9.48. The number of Topliss-reactive ketones (excluding diaryl/α,β-unsaturated/α-hetero) is 1. The Morgan fingerprint density at radius 3 is 2.68 bits per heavy atom. The Labute approximate surface area is 222 Å². The van der Waals surface area contributed by atoms with E-state index in [1.807, 2.05) is 20.8 Å². The van der Waals surface area contributed by atoms with E-state index in [-0.39, 0.29) is 66.7 Å². The lowest BCUT2D eigenvalue weighted by molar-refractivity contribution is -0.149. The zero-order valence-corrected chi connectivity index (χ0v) is 22.2. The number of rotatable bonds is 1. The highest BCUT2D eigenvalue weighted by atomic mass is 16.5. The van der Waals surface area contributed by atoms with Gasteiger partial charge in [0.05, 0.1) is 12.5 Å². The molecule has 1 aromatic heterocycles. The Morgan fingerprint density at radius 1 is 1.18 bits per heavy atom. The lowest BCUT2D eigenvalue weighted by Crippen LogP contribution is -2.36. The van der Waals surface area contributed by atoms with Gasteiger partial charge in [-0.2, -0.15) is 0 Å². The summed E-state index contributed by atoms with van der Waals surface area (Å²) in [4.78, 5) is 56.3. The zero-order valence-electron chi connectivity index (χ0n) is 22.2. The van der Waals surface area contributed by atoms with Crippen molar-refractivity contribution < 1.29 is 33.4 Å². The van der Waals surface area contributed by atoms with E-state index < -0.39 is 24.1 Å². The van der Waals surface area contributed by atoms with Gasteiger partial charge in [-0.25, -0.2) is 9.78 Å². The number of esters is 1. The third-order valence-electron chi connectivity index (χ3n) is 6.19. The fourth-order valence-electron chi connectivity index (χ4n) is 4.33. The summed E-state index contributed by atoms with van der Waals surface area (Å²) >= 11 is 0. The smallest absolute Gasteiger partial charge is 0.355 e. The fourth-order valence-corrected chi connectivity index (χ4v) is 4.33. The van der Waals surface area contributed by atoms with Crippen LogP contribution < -0.4 is 5.32 Å². The van der Waals surface area contributed by atoms with Crippen molar-refractivity contribution in [1.82, 2.24) is 15.2 Å². The molecule has 10 heteroatoms. The predicted molar refractivity (Wildman–Crippen MR) is 139 cm³/mol. The van der Waals surface area contributed by atoms with Gasteiger partial charge >= 0.3 is 5.97 Å². The molecular formula is C28H35N3O7. The molecule has 2 aliphatic heterocycles. The van der Waals surface area contributed by atoms with Gasteiger partial charge < -0.3 is 24.5 Å². The molecule has 2 amide bonds. The third-order valence-corrected chi connectivity index (χ3v) is 6.19. The second-order valence-electron chi connectivity index (χ2n) is 9.84. The van der Waals surface area contributed by atoms with Crippen LogP contribution in [0.5, 0.6) is 0 Å². The van der Waals surface area contributed by atoms with Crippen molar-refractivity contribution in [2.24, 2.45) is 11.8 Å². The van der Waals surface area contributed by atoms with Gasteiger partial charge in [-0.1, -0.05) is 56.7 Å². The number of hydrogen-bond donors (Lipinski definition) is 2. The molecule has 10 nitrogen and oxygen atoms in total. The van der Waals surface area contributed by atoms with E-state index in [0.29, 0.717) is 6.42 Å². The highest BCUT2D eigenvalue weighted by molar-refractivity contribution is 6.00. The van der Waals surface area contributed by atoms with Crippen LogP contribution in [0, 0.1) is 11.8 Å². The van der Waals surface area contributed by atoms with Gasteiger partial charge in [0.2, 0.25) is 11.8 Å². The minimum Gasteiger partial charge on any atom is -0.457 e. The second kappa shape index (κ2) is 13.1. The van der Waals surface area contributed by atoms with Crippen molar-refractivity contribution in [3.8, 4) is 0 Å². The van der Waals surface area contributed by atoms with Crippen LogP contribution in [0.4, 0.5) is 0 Å². The number of ether oxygens (including phenoxy) is 1. The molecule has 0 fully saturated rings. The van der Waals surface area contributed by atoms with E-state index in [4.69, 9.17) is 9.15 Å². The van der Waals surface area contributed by atoms with Crippen LogP contribution in [0.15, 0.2) is 58.4 Å². The first-order chi connectivity index (χ1) is 18.0. The lowest BCUT2D eigenvalue weighted by Gasteiger charge is -2.27. The van der Waals surface area contributed by atoms with Gasteiger partial charge in [-0.05, 0) is 25.3 Å². The molecule has 0 unspecified atom stereocenters. The number of oxazole rings is 1. The second-order valence-corrected chi connectivity index (χ2v) is 9.84. The van der Waals surface area contributed by atoms with Gasteiger partial charge in [0.1, 0.15) is 23.8 Å². The minimum atomic E-state index is -1.01. The van der Waals surface area contributed by atoms with E-state index in [1.165, 1.54) is 11.0 Å². The van der Waals surface area contributed by atoms with Crippen LogP contribution in [0.3, 0.4) is 0 Å². The highest BCUT2D eigenvalue weighted by Crippen LogP contribution is 2.24. The molecule has 204 valence electrons. The van der Waals surface area contributed by atoms with E-state index in [9.17, 15) is 24.3 Å². The molecule has 0 aromatic carbocycles. The number of ketones is 1. The molecule has 0 spiro atoms. The van der Waals surface area contributed by atoms with E-state index in [1.54, 1.807) is 37.3 Å². The molecule has 0 saturated carbocycles. The molecule has 2 aliphatic rings. The number of carbonyl (C=O) groups excluding carboxylic acids is 4. The number of carbonyl (C=O) groups is 4. The van der Waals surface area contributed by atoms with Gasteiger partial charge in [0, 0.05) is 25.4 Å². The number of nitrogens with zero attached hydrogens (tertiary/aromatic N) is 2. The van der Waals surface area contributed by atoms with Crippen molar-refractivity contribution in [3.63, 3.8) is 0 Å². The highest BCUT2D eigenvalue weighted by Gasteiger charge is 2.33. The van der Waals surface area contributed by atoms with Gasteiger partial charge in [0.15, 0.2) is 5.69 Å². The van der Waals surface area contributed by atoms with Crippen LogP contribution in [0.2, 0.25) is 0 Å². The maximum Gasteiger partial charge on any atom is 0.355 e. The maximum atomic E-state index is 13.1. The summed E-state index contributed by atoms with van der Waals surface area (Å²) in [7, 11) is 0.